The maximum atomic E-state index is 9.10. The van der Waals surface area contributed by atoms with Gasteiger partial charge in [-0.1, -0.05) is 50.2 Å². The van der Waals surface area contributed by atoms with Crippen LogP contribution in [0.2, 0.25) is 0 Å². The molecule has 6 nitrogen and oxygen atoms in total. The Bertz CT molecular complexity index is 671. The number of nitrogens with one attached hydrogen (secondary N) is 1. The predicted octanol–water partition coefficient (Wildman–Crippen LogP) is 2.92. The molecule has 0 unspecified atom stereocenters. The molecule has 2 rings (SSSR count). The van der Waals surface area contributed by atoms with Crippen LogP contribution in [-0.2, 0) is 9.59 Å². The van der Waals surface area contributed by atoms with Gasteiger partial charge in [0, 0.05) is 23.2 Å². The van der Waals surface area contributed by atoms with Crippen molar-refractivity contribution < 1.29 is 19.8 Å². The first-order chi connectivity index (χ1) is 11.4. The number of aliphatic carboxylic acids is 2. The van der Waals surface area contributed by atoms with Gasteiger partial charge in [0.25, 0.3) is 0 Å². The van der Waals surface area contributed by atoms with Gasteiger partial charge in [0.05, 0.1) is 0 Å². The predicted molar refractivity (Wildman–Crippen MR) is 95.2 cm³/mol. The molecule has 0 bridgehead atoms. The lowest BCUT2D eigenvalue weighted by Crippen LogP contribution is -2.44. The van der Waals surface area contributed by atoms with Crippen LogP contribution in [0.25, 0.3) is 10.8 Å². The minimum absolute atomic E-state index is 0.00409. The molecule has 0 aliphatic carbocycles. The first-order valence-corrected chi connectivity index (χ1v) is 7.81. The van der Waals surface area contributed by atoms with Crippen molar-refractivity contribution >= 4 is 28.4 Å². The van der Waals surface area contributed by atoms with Crippen molar-refractivity contribution in [1.29, 1.82) is 0 Å². The fourth-order valence-electron chi connectivity index (χ4n) is 2.39. The molecule has 0 radical (unpaired) electrons. The molecule has 0 aliphatic rings. The van der Waals surface area contributed by atoms with E-state index in [0.29, 0.717) is 6.54 Å². The molecule has 2 aromatic rings. The van der Waals surface area contributed by atoms with Crippen LogP contribution in [0.4, 0.5) is 5.69 Å². The highest BCUT2D eigenvalue weighted by Gasteiger charge is 2.24. The number of carbonyl (C=O) groups is 2. The normalized spacial score (nSPS) is 10.6. The van der Waals surface area contributed by atoms with Gasteiger partial charge in [-0.25, -0.2) is 9.59 Å². The molecule has 0 saturated heterocycles. The fourth-order valence-corrected chi connectivity index (χ4v) is 2.39. The highest BCUT2D eigenvalue weighted by Crippen LogP contribution is 2.28. The highest BCUT2D eigenvalue weighted by molar-refractivity contribution is 6.27. The lowest BCUT2D eigenvalue weighted by Gasteiger charge is -2.33. The van der Waals surface area contributed by atoms with Crippen molar-refractivity contribution in [2.45, 2.75) is 32.2 Å². The summed E-state index contributed by atoms with van der Waals surface area (Å²) in [7, 11) is 0. The van der Waals surface area contributed by atoms with Gasteiger partial charge in [-0.3, -0.25) is 0 Å². The van der Waals surface area contributed by atoms with E-state index in [4.69, 9.17) is 25.5 Å². The van der Waals surface area contributed by atoms with Crippen LogP contribution in [0.15, 0.2) is 42.5 Å². The molecule has 0 saturated carbocycles. The summed E-state index contributed by atoms with van der Waals surface area (Å²) >= 11 is 0. The molecule has 0 amide bonds. The number of hydrogen-bond donors (Lipinski definition) is 4. The molecule has 6 heteroatoms. The van der Waals surface area contributed by atoms with Gasteiger partial charge < -0.3 is 21.3 Å². The van der Waals surface area contributed by atoms with Gasteiger partial charge in [-0.05, 0) is 24.3 Å². The van der Waals surface area contributed by atoms with E-state index >= 15 is 0 Å². The van der Waals surface area contributed by atoms with Crippen LogP contribution in [0.3, 0.4) is 0 Å². The fraction of sp³-hybridized carbons (Fsp3) is 0.333. The first-order valence-electron chi connectivity index (χ1n) is 7.81. The van der Waals surface area contributed by atoms with Crippen molar-refractivity contribution in [2.75, 3.05) is 11.9 Å². The Balaban J connectivity index is 0.000000413. The Labute approximate surface area is 141 Å². The molecule has 0 aliphatic heterocycles. The average Bonchev–Trinajstić information content (AvgIpc) is 2.60. The third-order valence-corrected chi connectivity index (χ3v) is 4.12. The van der Waals surface area contributed by atoms with E-state index < -0.39 is 11.9 Å². The summed E-state index contributed by atoms with van der Waals surface area (Å²) in [5.74, 6) is -3.65. The average molecular weight is 332 g/mol. The molecular formula is C18H24N2O4. The van der Waals surface area contributed by atoms with Crippen LogP contribution in [0, 0.1) is 0 Å². The number of hydrogen-bond acceptors (Lipinski definition) is 4. The number of fused-ring (bicyclic) bond motifs is 1. The second-order valence-corrected chi connectivity index (χ2v) is 5.45. The number of benzene rings is 2. The van der Waals surface area contributed by atoms with Gasteiger partial charge in [0.2, 0.25) is 0 Å². The molecule has 24 heavy (non-hydrogen) atoms. The summed E-state index contributed by atoms with van der Waals surface area (Å²) in [5, 5.41) is 21.0. The monoisotopic (exact) mass is 332 g/mol. The van der Waals surface area contributed by atoms with Crippen molar-refractivity contribution in [3.63, 3.8) is 0 Å². The molecule has 0 heterocycles. The number of rotatable bonds is 5. The Morgan fingerprint density at radius 3 is 2.04 bits per heavy atom. The van der Waals surface area contributed by atoms with Gasteiger partial charge in [0.15, 0.2) is 0 Å². The first kappa shape index (κ1) is 19.4. The Kier molecular flexibility index (Phi) is 7.20. The quantitative estimate of drug-likeness (QED) is 0.626. The molecule has 130 valence electrons. The van der Waals surface area contributed by atoms with E-state index in [0.717, 1.165) is 12.8 Å². The Morgan fingerprint density at radius 2 is 1.54 bits per heavy atom. The Hall–Kier alpha value is -2.60. The van der Waals surface area contributed by atoms with Crippen LogP contribution in [0.5, 0.6) is 0 Å². The SMILES string of the molecule is CCC(CC)(CN)Nc1cccc2ccccc12.O=C(O)C(=O)O. The third kappa shape index (κ3) is 4.96. The smallest absolute Gasteiger partial charge is 0.414 e. The van der Waals surface area contributed by atoms with Crippen molar-refractivity contribution in [3.05, 3.63) is 42.5 Å². The summed E-state index contributed by atoms with van der Waals surface area (Å²) in [5.41, 5.74) is 7.14. The zero-order valence-electron chi connectivity index (χ0n) is 14.0. The summed E-state index contributed by atoms with van der Waals surface area (Å²) < 4.78 is 0. The topological polar surface area (TPSA) is 113 Å². The summed E-state index contributed by atoms with van der Waals surface area (Å²) in [6.07, 6.45) is 2.06. The van der Waals surface area contributed by atoms with E-state index in [1.807, 2.05) is 0 Å². The molecule has 0 fully saturated rings. The van der Waals surface area contributed by atoms with Crippen molar-refractivity contribution in [2.24, 2.45) is 5.73 Å². The third-order valence-electron chi connectivity index (χ3n) is 4.12. The second kappa shape index (κ2) is 8.88. The lowest BCUT2D eigenvalue weighted by atomic mass is 9.92. The van der Waals surface area contributed by atoms with E-state index in [2.05, 4.69) is 61.6 Å². The zero-order chi connectivity index (χ0) is 18.2. The maximum Gasteiger partial charge on any atom is 0.414 e. The molecule has 0 spiro atoms. The lowest BCUT2D eigenvalue weighted by molar-refractivity contribution is -0.159. The summed E-state index contributed by atoms with van der Waals surface area (Å²) in [4.78, 5) is 18.2. The van der Waals surface area contributed by atoms with E-state index in [1.165, 1.54) is 16.5 Å². The molecule has 5 N–H and O–H groups in total. The molecular weight excluding hydrogens is 308 g/mol. The van der Waals surface area contributed by atoms with Crippen LogP contribution >= 0.6 is 0 Å². The van der Waals surface area contributed by atoms with Gasteiger partial charge in [0.1, 0.15) is 0 Å². The van der Waals surface area contributed by atoms with E-state index in [9.17, 15) is 0 Å². The zero-order valence-corrected chi connectivity index (χ0v) is 14.0. The molecule has 0 atom stereocenters. The maximum absolute atomic E-state index is 9.10. The van der Waals surface area contributed by atoms with Gasteiger partial charge >= 0.3 is 11.9 Å². The number of nitrogens with two attached hydrogens (primary N) is 1. The minimum atomic E-state index is -1.82. The van der Waals surface area contributed by atoms with Crippen molar-refractivity contribution in [3.8, 4) is 0 Å². The number of anilines is 1. The van der Waals surface area contributed by atoms with Gasteiger partial charge in [-0.2, -0.15) is 0 Å². The molecule has 2 aromatic carbocycles. The summed E-state index contributed by atoms with van der Waals surface area (Å²) in [6, 6.07) is 14.8. The van der Waals surface area contributed by atoms with Gasteiger partial charge in [-0.15, -0.1) is 0 Å². The standard InChI is InChI=1S/C16H22N2.C2H2O4/c1-3-16(4-2,12-17)18-15-11-7-9-13-8-5-6-10-14(13)15;3-1(4)2(5)6/h5-11,18H,3-4,12,17H2,1-2H3;(H,3,4)(H,5,6). The summed E-state index contributed by atoms with van der Waals surface area (Å²) in [6.45, 7) is 5.03. The second-order valence-electron chi connectivity index (χ2n) is 5.45. The van der Waals surface area contributed by atoms with Crippen LogP contribution in [0.1, 0.15) is 26.7 Å². The Morgan fingerprint density at radius 1 is 1.00 bits per heavy atom. The van der Waals surface area contributed by atoms with E-state index in [-0.39, 0.29) is 5.54 Å². The number of carboxylic acid groups (broad SMARTS) is 2. The van der Waals surface area contributed by atoms with Crippen LogP contribution in [-0.4, -0.2) is 34.2 Å². The minimum Gasteiger partial charge on any atom is -0.473 e. The molecule has 0 aromatic heterocycles. The highest BCUT2D eigenvalue weighted by atomic mass is 16.4. The van der Waals surface area contributed by atoms with Crippen LogP contribution < -0.4 is 11.1 Å². The van der Waals surface area contributed by atoms with Crippen molar-refractivity contribution in [1.82, 2.24) is 0 Å². The van der Waals surface area contributed by atoms with E-state index in [1.54, 1.807) is 0 Å². The largest absolute Gasteiger partial charge is 0.473 e. The number of carboxylic acids is 2.